The van der Waals surface area contributed by atoms with Gasteiger partial charge in [0.2, 0.25) is 0 Å². The molecule has 0 aliphatic heterocycles. The molecule has 0 atom stereocenters. The van der Waals surface area contributed by atoms with Gasteiger partial charge in [-0.3, -0.25) is 4.98 Å². The fourth-order valence-electron chi connectivity index (χ4n) is 3.41. The summed E-state index contributed by atoms with van der Waals surface area (Å²) in [7, 11) is 0. The summed E-state index contributed by atoms with van der Waals surface area (Å²) in [4.78, 5) is 7.90. The van der Waals surface area contributed by atoms with Crippen LogP contribution in [-0.4, -0.2) is 4.98 Å². The lowest BCUT2D eigenvalue weighted by molar-refractivity contribution is 0.669. The van der Waals surface area contributed by atoms with Crippen LogP contribution in [-0.2, 0) is 0 Å². The third kappa shape index (κ3) is 2.65. The number of furan rings is 1. The maximum absolute atomic E-state index is 7.19. The number of fused-ring (bicyclic) bond motifs is 3. The maximum atomic E-state index is 7.19. The van der Waals surface area contributed by atoms with Gasteiger partial charge < -0.3 is 4.42 Å². The first kappa shape index (κ1) is 15.4. The molecule has 0 unspecified atom stereocenters. The van der Waals surface area contributed by atoms with Gasteiger partial charge in [-0.1, -0.05) is 42.5 Å². The van der Waals surface area contributed by atoms with Crippen LogP contribution in [0, 0.1) is 6.57 Å². The minimum absolute atomic E-state index is 0.592. The first-order valence-corrected chi connectivity index (χ1v) is 8.67. The summed E-state index contributed by atoms with van der Waals surface area (Å²) in [6.07, 6.45) is 1.68. The molecular weight excluding hydrogens is 332 g/mol. The maximum Gasteiger partial charge on any atom is 0.190 e. The van der Waals surface area contributed by atoms with Crippen LogP contribution in [0.15, 0.2) is 89.5 Å². The van der Waals surface area contributed by atoms with E-state index in [0.29, 0.717) is 5.69 Å². The average molecular weight is 346 g/mol. The van der Waals surface area contributed by atoms with E-state index in [-0.39, 0.29) is 0 Å². The van der Waals surface area contributed by atoms with Crippen LogP contribution in [0.1, 0.15) is 0 Å². The van der Waals surface area contributed by atoms with E-state index in [4.69, 9.17) is 11.0 Å². The Morgan fingerprint density at radius 3 is 2.44 bits per heavy atom. The van der Waals surface area contributed by atoms with Crippen LogP contribution in [0.3, 0.4) is 0 Å². The summed E-state index contributed by atoms with van der Waals surface area (Å²) in [6.45, 7) is 7.19. The van der Waals surface area contributed by atoms with E-state index in [9.17, 15) is 0 Å². The molecule has 3 heteroatoms. The zero-order valence-corrected chi connectivity index (χ0v) is 14.4. The van der Waals surface area contributed by atoms with Crippen molar-refractivity contribution in [3.63, 3.8) is 0 Å². The van der Waals surface area contributed by atoms with Crippen molar-refractivity contribution >= 4 is 27.6 Å². The second kappa shape index (κ2) is 6.12. The lowest BCUT2D eigenvalue weighted by Gasteiger charge is -2.06. The number of pyridine rings is 1. The fraction of sp³-hybridized carbons (Fsp3) is 0. The minimum atomic E-state index is 0.592. The van der Waals surface area contributed by atoms with Crippen molar-refractivity contribution in [2.75, 3.05) is 0 Å². The highest BCUT2D eigenvalue weighted by Gasteiger charge is 2.09. The molecule has 0 saturated carbocycles. The van der Waals surface area contributed by atoms with E-state index < -0.39 is 0 Å². The number of rotatable bonds is 2. The quantitative estimate of drug-likeness (QED) is 0.327. The normalized spacial score (nSPS) is 10.9. The van der Waals surface area contributed by atoms with Gasteiger partial charge in [0.15, 0.2) is 5.69 Å². The number of para-hydroxylation sites is 1. The summed E-state index contributed by atoms with van der Waals surface area (Å²) in [6, 6.07) is 26.1. The Bertz CT molecular complexity index is 1340. The Labute approximate surface area is 156 Å². The van der Waals surface area contributed by atoms with Gasteiger partial charge in [-0.25, -0.2) is 4.85 Å². The van der Waals surface area contributed by atoms with Crippen molar-refractivity contribution in [2.24, 2.45) is 0 Å². The predicted molar refractivity (Wildman–Crippen MR) is 109 cm³/mol. The molecular formula is C24H14N2O. The van der Waals surface area contributed by atoms with Gasteiger partial charge in [-0.15, -0.1) is 0 Å². The summed E-state index contributed by atoms with van der Waals surface area (Å²) in [5.41, 5.74) is 6.34. The number of aromatic nitrogens is 1. The molecule has 3 aromatic carbocycles. The van der Waals surface area contributed by atoms with Crippen LogP contribution in [0.2, 0.25) is 0 Å². The van der Waals surface area contributed by atoms with E-state index in [1.54, 1.807) is 12.3 Å². The van der Waals surface area contributed by atoms with Gasteiger partial charge in [-0.2, -0.15) is 0 Å². The molecule has 27 heavy (non-hydrogen) atoms. The molecule has 5 rings (SSSR count). The highest BCUT2D eigenvalue weighted by atomic mass is 16.3. The molecule has 0 saturated heterocycles. The van der Waals surface area contributed by atoms with Gasteiger partial charge in [0.1, 0.15) is 11.2 Å². The Balaban J connectivity index is 1.62. The standard InChI is InChI=1S/C24H14N2O/c1-25-19-11-12-26-22(15-19)18-6-4-5-16(13-18)17-9-10-21-20-7-2-3-8-23(20)27-24(21)14-17/h2-15H. The van der Waals surface area contributed by atoms with E-state index in [1.165, 1.54) is 0 Å². The molecule has 0 aliphatic rings. The van der Waals surface area contributed by atoms with Crippen molar-refractivity contribution in [1.82, 2.24) is 4.98 Å². The number of nitrogens with zero attached hydrogens (tertiary/aromatic N) is 2. The van der Waals surface area contributed by atoms with Crippen LogP contribution in [0.25, 0.3) is 49.2 Å². The second-order valence-corrected chi connectivity index (χ2v) is 6.40. The van der Waals surface area contributed by atoms with Crippen LogP contribution >= 0.6 is 0 Å². The van der Waals surface area contributed by atoms with Gasteiger partial charge in [0, 0.05) is 17.0 Å². The second-order valence-electron chi connectivity index (χ2n) is 6.40. The summed E-state index contributed by atoms with van der Waals surface area (Å²) in [5, 5.41) is 2.25. The highest BCUT2D eigenvalue weighted by molar-refractivity contribution is 6.05. The average Bonchev–Trinajstić information content (AvgIpc) is 3.11. The zero-order chi connectivity index (χ0) is 18.2. The molecule has 0 fully saturated rings. The SMILES string of the molecule is [C-]#[N+]c1ccnc(-c2cccc(-c3ccc4c(c3)oc3ccccc34)c2)c1. The summed E-state index contributed by atoms with van der Waals surface area (Å²) in [5.74, 6) is 0. The third-order valence-corrected chi connectivity index (χ3v) is 4.74. The smallest absolute Gasteiger partial charge is 0.190 e. The molecule has 2 heterocycles. The topological polar surface area (TPSA) is 30.4 Å². The molecule has 126 valence electrons. The summed E-state index contributed by atoms with van der Waals surface area (Å²) >= 11 is 0. The van der Waals surface area contributed by atoms with Crippen molar-refractivity contribution in [3.8, 4) is 22.4 Å². The third-order valence-electron chi connectivity index (χ3n) is 4.74. The first-order valence-electron chi connectivity index (χ1n) is 8.67. The van der Waals surface area contributed by atoms with Crippen molar-refractivity contribution < 1.29 is 4.42 Å². The fourth-order valence-corrected chi connectivity index (χ4v) is 3.41. The van der Waals surface area contributed by atoms with Gasteiger partial charge in [0.05, 0.1) is 12.3 Å². The molecule has 0 N–H and O–H groups in total. The van der Waals surface area contributed by atoms with Crippen molar-refractivity contribution in [1.29, 1.82) is 0 Å². The number of benzene rings is 3. The Kier molecular flexibility index (Phi) is 3.48. The van der Waals surface area contributed by atoms with Crippen LogP contribution in [0.5, 0.6) is 0 Å². The highest BCUT2D eigenvalue weighted by Crippen LogP contribution is 2.33. The molecule has 2 aromatic heterocycles. The van der Waals surface area contributed by atoms with Crippen molar-refractivity contribution in [2.45, 2.75) is 0 Å². The first-order chi connectivity index (χ1) is 13.3. The molecule has 0 amide bonds. The minimum Gasteiger partial charge on any atom is -0.456 e. The number of hydrogen-bond donors (Lipinski definition) is 0. The lowest BCUT2D eigenvalue weighted by atomic mass is 10.00. The number of hydrogen-bond acceptors (Lipinski definition) is 2. The monoisotopic (exact) mass is 346 g/mol. The van der Waals surface area contributed by atoms with E-state index in [0.717, 1.165) is 44.3 Å². The van der Waals surface area contributed by atoms with Gasteiger partial charge in [-0.05, 0) is 53.1 Å². The predicted octanol–water partition coefficient (Wildman–Crippen LogP) is 6.87. The summed E-state index contributed by atoms with van der Waals surface area (Å²) < 4.78 is 6.01. The van der Waals surface area contributed by atoms with E-state index in [1.807, 2.05) is 36.4 Å². The van der Waals surface area contributed by atoms with E-state index in [2.05, 4.69) is 46.2 Å². The molecule has 0 aliphatic carbocycles. The molecule has 3 nitrogen and oxygen atoms in total. The zero-order valence-electron chi connectivity index (χ0n) is 14.4. The Morgan fingerprint density at radius 1 is 0.704 bits per heavy atom. The molecule has 5 aromatic rings. The van der Waals surface area contributed by atoms with Gasteiger partial charge in [0.25, 0.3) is 0 Å². The molecule has 0 bridgehead atoms. The van der Waals surface area contributed by atoms with Crippen LogP contribution < -0.4 is 0 Å². The van der Waals surface area contributed by atoms with Crippen molar-refractivity contribution in [3.05, 3.63) is 96.5 Å². The van der Waals surface area contributed by atoms with E-state index >= 15 is 0 Å². The molecule has 0 spiro atoms. The Morgan fingerprint density at radius 2 is 1.52 bits per heavy atom. The van der Waals surface area contributed by atoms with Crippen LogP contribution in [0.4, 0.5) is 5.69 Å². The lowest BCUT2D eigenvalue weighted by Crippen LogP contribution is -1.84. The largest absolute Gasteiger partial charge is 0.456 e. The van der Waals surface area contributed by atoms with Gasteiger partial charge >= 0.3 is 0 Å². The molecule has 0 radical (unpaired) electrons. The Hall–Kier alpha value is -3.90.